The number of Topliss-reactive ketones (excluding diaryl/α,β-unsaturated/α-hetero) is 1. The van der Waals surface area contributed by atoms with E-state index in [-0.39, 0.29) is 0 Å². The zero-order chi connectivity index (χ0) is 10.3. The van der Waals surface area contributed by atoms with Crippen LogP contribution in [-0.4, -0.2) is 11.8 Å². The van der Waals surface area contributed by atoms with Crippen molar-refractivity contribution in [1.29, 1.82) is 0 Å². The van der Waals surface area contributed by atoms with E-state index in [1.165, 1.54) is 37.8 Å². The van der Waals surface area contributed by atoms with E-state index in [9.17, 15) is 4.79 Å². The molecule has 3 aliphatic rings. The smallest absolute Gasteiger partial charge is 0.165 e. The standard InChI is InChI=1S/C13H19NO/c15-13-9-5-1-3-7-11(9)14-12-8-4-2-6-10(12)13/h9,11,14H,1-8H2/t9-,11-/m0/s1. The molecule has 0 aromatic heterocycles. The number of fused-ring (bicyclic) bond motifs is 1. The first-order valence-electron chi connectivity index (χ1n) is 6.39. The first kappa shape index (κ1) is 9.44. The largest absolute Gasteiger partial charge is 0.385 e. The average Bonchev–Trinajstić information content (AvgIpc) is 2.30. The molecule has 2 heteroatoms. The Morgan fingerprint density at radius 3 is 2.73 bits per heavy atom. The summed E-state index contributed by atoms with van der Waals surface area (Å²) < 4.78 is 0. The van der Waals surface area contributed by atoms with E-state index in [4.69, 9.17) is 0 Å². The van der Waals surface area contributed by atoms with Crippen LogP contribution in [-0.2, 0) is 4.79 Å². The molecule has 1 N–H and O–H groups in total. The highest BCUT2D eigenvalue weighted by Crippen LogP contribution is 2.36. The number of ketones is 1. The summed E-state index contributed by atoms with van der Waals surface area (Å²) in [7, 11) is 0. The van der Waals surface area contributed by atoms with Crippen LogP contribution in [0.25, 0.3) is 0 Å². The van der Waals surface area contributed by atoms with Crippen LogP contribution in [0.4, 0.5) is 0 Å². The Morgan fingerprint density at radius 1 is 1.00 bits per heavy atom. The molecule has 0 saturated heterocycles. The Morgan fingerprint density at radius 2 is 1.80 bits per heavy atom. The number of carbonyl (C=O) groups is 1. The van der Waals surface area contributed by atoms with Crippen molar-refractivity contribution < 1.29 is 4.79 Å². The van der Waals surface area contributed by atoms with Crippen molar-refractivity contribution in [2.75, 3.05) is 0 Å². The summed E-state index contributed by atoms with van der Waals surface area (Å²) in [5.74, 6) is 0.809. The van der Waals surface area contributed by atoms with Crippen LogP contribution in [0.15, 0.2) is 11.3 Å². The summed E-state index contributed by atoms with van der Waals surface area (Å²) >= 11 is 0. The van der Waals surface area contributed by atoms with Gasteiger partial charge >= 0.3 is 0 Å². The highest BCUT2D eigenvalue weighted by Gasteiger charge is 2.38. The molecule has 1 saturated carbocycles. The fourth-order valence-electron chi connectivity index (χ4n) is 3.40. The van der Waals surface area contributed by atoms with Crippen molar-refractivity contribution >= 4 is 5.78 Å². The van der Waals surface area contributed by atoms with Gasteiger partial charge in [0.05, 0.1) is 0 Å². The van der Waals surface area contributed by atoms with E-state index in [1.54, 1.807) is 0 Å². The van der Waals surface area contributed by atoms with Crippen LogP contribution in [0, 0.1) is 5.92 Å². The number of nitrogens with one attached hydrogen (secondary N) is 1. The van der Waals surface area contributed by atoms with Crippen molar-refractivity contribution in [2.24, 2.45) is 5.92 Å². The molecule has 1 fully saturated rings. The molecule has 3 rings (SSSR count). The monoisotopic (exact) mass is 205 g/mol. The molecule has 2 aliphatic carbocycles. The zero-order valence-corrected chi connectivity index (χ0v) is 9.22. The lowest BCUT2D eigenvalue weighted by Gasteiger charge is -2.39. The van der Waals surface area contributed by atoms with Gasteiger partial charge in [0, 0.05) is 23.2 Å². The summed E-state index contributed by atoms with van der Waals surface area (Å²) in [6.07, 6.45) is 9.48. The van der Waals surface area contributed by atoms with Crippen molar-refractivity contribution in [1.82, 2.24) is 5.32 Å². The molecule has 0 unspecified atom stereocenters. The first-order chi connectivity index (χ1) is 7.36. The molecule has 1 aliphatic heterocycles. The fraction of sp³-hybridized carbons (Fsp3) is 0.769. The Balaban J connectivity index is 1.91. The van der Waals surface area contributed by atoms with E-state index >= 15 is 0 Å². The van der Waals surface area contributed by atoms with Gasteiger partial charge in [0.2, 0.25) is 0 Å². The maximum Gasteiger partial charge on any atom is 0.165 e. The van der Waals surface area contributed by atoms with E-state index in [2.05, 4.69) is 5.32 Å². The second-order valence-corrected chi connectivity index (χ2v) is 5.17. The maximum absolute atomic E-state index is 12.3. The van der Waals surface area contributed by atoms with Crippen molar-refractivity contribution in [3.8, 4) is 0 Å². The van der Waals surface area contributed by atoms with E-state index in [1.807, 2.05) is 0 Å². The second-order valence-electron chi connectivity index (χ2n) is 5.17. The maximum atomic E-state index is 12.3. The highest BCUT2D eigenvalue weighted by atomic mass is 16.1. The lowest BCUT2D eigenvalue weighted by Crippen LogP contribution is -2.47. The van der Waals surface area contributed by atoms with Gasteiger partial charge in [-0.15, -0.1) is 0 Å². The molecular formula is C13H19NO. The van der Waals surface area contributed by atoms with Crippen molar-refractivity contribution in [3.63, 3.8) is 0 Å². The van der Waals surface area contributed by atoms with E-state index < -0.39 is 0 Å². The Kier molecular flexibility index (Phi) is 2.30. The topological polar surface area (TPSA) is 29.1 Å². The molecule has 0 aromatic rings. The van der Waals surface area contributed by atoms with E-state index in [0.717, 1.165) is 24.8 Å². The van der Waals surface area contributed by atoms with Crippen LogP contribution in [0.2, 0.25) is 0 Å². The summed E-state index contributed by atoms with van der Waals surface area (Å²) in [4.78, 5) is 12.3. The minimum Gasteiger partial charge on any atom is -0.385 e. The third kappa shape index (κ3) is 1.51. The first-order valence-corrected chi connectivity index (χ1v) is 6.39. The van der Waals surface area contributed by atoms with Gasteiger partial charge in [0.1, 0.15) is 0 Å². The Bertz CT molecular complexity index is 318. The van der Waals surface area contributed by atoms with Crippen LogP contribution < -0.4 is 5.32 Å². The van der Waals surface area contributed by atoms with Gasteiger partial charge in [-0.25, -0.2) is 0 Å². The number of carbonyl (C=O) groups excluding carboxylic acids is 1. The summed E-state index contributed by atoms with van der Waals surface area (Å²) in [6, 6.07) is 0.475. The van der Waals surface area contributed by atoms with Gasteiger partial charge in [-0.1, -0.05) is 12.8 Å². The Hall–Kier alpha value is -0.790. The normalized spacial score (nSPS) is 35.6. The fourth-order valence-corrected chi connectivity index (χ4v) is 3.40. The third-order valence-electron chi connectivity index (χ3n) is 4.23. The van der Waals surface area contributed by atoms with Gasteiger partial charge in [-0.3, -0.25) is 4.79 Å². The molecule has 0 amide bonds. The molecule has 15 heavy (non-hydrogen) atoms. The van der Waals surface area contributed by atoms with Crippen LogP contribution >= 0.6 is 0 Å². The number of hydrogen-bond donors (Lipinski definition) is 1. The van der Waals surface area contributed by atoms with Crippen molar-refractivity contribution in [3.05, 3.63) is 11.3 Å². The molecule has 0 bridgehead atoms. The zero-order valence-electron chi connectivity index (χ0n) is 9.22. The third-order valence-corrected chi connectivity index (χ3v) is 4.23. The van der Waals surface area contributed by atoms with Gasteiger partial charge in [-0.2, -0.15) is 0 Å². The van der Waals surface area contributed by atoms with Gasteiger partial charge < -0.3 is 5.32 Å². The van der Waals surface area contributed by atoms with Gasteiger partial charge in [0.25, 0.3) is 0 Å². The van der Waals surface area contributed by atoms with Crippen LogP contribution in [0.5, 0.6) is 0 Å². The molecule has 0 aromatic carbocycles. The average molecular weight is 205 g/mol. The van der Waals surface area contributed by atoms with Gasteiger partial charge in [0.15, 0.2) is 5.78 Å². The number of rotatable bonds is 0. The minimum absolute atomic E-state index is 0.315. The lowest BCUT2D eigenvalue weighted by molar-refractivity contribution is -0.122. The minimum atomic E-state index is 0.315. The van der Waals surface area contributed by atoms with Gasteiger partial charge in [-0.05, 0) is 38.5 Å². The lowest BCUT2D eigenvalue weighted by atomic mass is 9.74. The molecular weight excluding hydrogens is 186 g/mol. The van der Waals surface area contributed by atoms with Crippen LogP contribution in [0.1, 0.15) is 51.4 Å². The van der Waals surface area contributed by atoms with E-state index in [0.29, 0.717) is 17.7 Å². The predicted octanol–water partition coefficient (Wildman–Crippen LogP) is 2.55. The number of hydrogen-bond acceptors (Lipinski definition) is 2. The molecule has 2 atom stereocenters. The quantitative estimate of drug-likeness (QED) is 0.658. The molecule has 1 heterocycles. The Labute approximate surface area is 91.1 Å². The van der Waals surface area contributed by atoms with Crippen LogP contribution in [0.3, 0.4) is 0 Å². The molecule has 82 valence electrons. The summed E-state index contributed by atoms with van der Waals surface area (Å²) in [6.45, 7) is 0. The number of allylic oxidation sites excluding steroid dienone is 2. The summed E-state index contributed by atoms with van der Waals surface area (Å²) in [5.41, 5.74) is 2.46. The predicted molar refractivity (Wildman–Crippen MR) is 59.4 cm³/mol. The second kappa shape index (κ2) is 3.66. The SMILES string of the molecule is O=C1C2=C(CCCC2)N[C@H]2CCCC[C@H]12. The van der Waals surface area contributed by atoms with Crippen molar-refractivity contribution in [2.45, 2.75) is 57.4 Å². The molecule has 2 nitrogen and oxygen atoms in total. The molecule has 0 radical (unpaired) electrons. The highest BCUT2D eigenvalue weighted by molar-refractivity contribution is 5.99. The summed E-state index contributed by atoms with van der Waals surface area (Å²) in [5, 5.41) is 3.65. The molecule has 0 spiro atoms.